The molecular formula is C13H18N4O2. The molecule has 1 aromatic carbocycles. The van der Waals surface area contributed by atoms with Gasteiger partial charge in [-0.3, -0.25) is 5.10 Å². The van der Waals surface area contributed by atoms with E-state index in [1.165, 1.54) is 0 Å². The standard InChI is InChI=1S/C13H18N4O2/c1-8(14)13-15-12(16-17-13)7-9-4-5-10(18-2)11(6-9)19-3/h4-6,8H,7,14H2,1-3H3,(H,15,16,17). The lowest BCUT2D eigenvalue weighted by Crippen LogP contribution is -2.06. The number of aromatic nitrogens is 3. The number of ether oxygens (including phenoxy) is 2. The Labute approximate surface area is 111 Å². The number of aromatic amines is 1. The molecule has 0 saturated carbocycles. The number of rotatable bonds is 5. The van der Waals surface area contributed by atoms with Gasteiger partial charge in [-0.1, -0.05) is 6.07 Å². The number of nitrogens with one attached hydrogen (secondary N) is 1. The van der Waals surface area contributed by atoms with Crippen molar-refractivity contribution in [1.29, 1.82) is 0 Å². The molecule has 0 aliphatic heterocycles. The molecule has 0 aliphatic carbocycles. The van der Waals surface area contributed by atoms with Gasteiger partial charge in [-0.15, -0.1) is 0 Å². The van der Waals surface area contributed by atoms with E-state index in [9.17, 15) is 0 Å². The minimum atomic E-state index is -0.171. The van der Waals surface area contributed by atoms with Gasteiger partial charge in [-0.2, -0.15) is 5.10 Å². The maximum atomic E-state index is 5.72. The summed E-state index contributed by atoms with van der Waals surface area (Å²) < 4.78 is 10.5. The lowest BCUT2D eigenvalue weighted by Gasteiger charge is -2.08. The summed E-state index contributed by atoms with van der Waals surface area (Å²) in [5.41, 5.74) is 6.78. The molecule has 0 spiro atoms. The molecule has 1 heterocycles. The molecule has 1 aromatic heterocycles. The molecule has 6 heteroatoms. The van der Waals surface area contributed by atoms with Crippen molar-refractivity contribution in [1.82, 2.24) is 15.2 Å². The van der Waals surface area contributed by atoms with Crippen molar-refractivity contribution >= 4 is 0 Å². The molecule has 0 radical (unpaired) electrons. The summed E-state index contributed by atoms with van der Waals surface area (Å²) in [7, 11) is 3.23. The largest absolute Gasteiger partial charge is 0.493 e. The molecule has 0 fully saturated rings. The molecular weight excluding hydrogens is 244 g/mol. The van der Waals surface area contributed by atoms with Crippen LogP contribution in [0.15, 0.2) is 18.2 Å². The highest BCUT2D eigenvalue weighted by Crippen LogP contribution is 2.28. The Balaban J connectivity index is 2.18. The first-order valence-corrected chi connectivity index (χ1v) is 6.01. The van der Waals surface area contributed by atoms with Crippen LogP contribution in [-0.4, -0.2) is 29.4 Å². The van der Waals surface area contributed by atoms with E-state index in [1.807, 2.05) is 25.1 Å². The van der Waals surface area contributed by atoms with Crippen molar-refractivity contribution < 1.29 is 9.47 Å². The SMILES string of the molecule is COc1ccc(Cc2nc(C(C)N)n[nH]2)cc1OC. The van der Waals surface area contributed by atoms with Gasteiger partial charge in [0, 0.05) is 6.42 Å². The van der Waals surface area contributed by atoms with Gasteiger partial charge in [0.15, 0.2) is 17.3 Å². The van der Waals surface area contributed by atoms with E-state index < -0.39 is 0 Å². The first kappa shape index (κ1) is 13.4. The number of hydrogen-bond donors (Lipinski definition) is 2. The topological polar surface area (TPSA) is 86.0 Å². The quantitative estimate of drug-likeness (QED) is 0.851. The van der Waals surface area contributed by atoms with Crippen molar-refractivity contribution in [2.45, 2.75) is 19.4 Å². The first-order valence-electron chi connectivity index (χ1n) is 6.01. The molecule has 19 heavy (non-hydrogen) atoms. The summed E-state index contributed by atoms with van der Waals surface area (Å²) in [6.07, 6.45) is 0.639. The zero-order chi connectivity index (χ0) is 13.8. The van der Waals surface area contributed by atoms with Crippen molar-refractivity contribution in [3.05, 3.63) is 35.4 Å². The van der Waals surface area contributed by atoms with Crippen LogP contribution in [-0.2, 0) is 6.42 Å². The maximum Gasteiger partial charge on any atom is 0.167 e. The number of benzene rings is 1. The molecule has 102 valence electrons. The minimum Gasteiger partial charge on any atom is -0.493 e. The van der Waals surface area contributed by atoms with Gasteiger partial charge in [0.1, 0.15) is 5.82 Å². The Morgan fingerprint density at radius 2 is 2.00 bits per heavy atom. The van der Waals surface area contributed by atoms with Gasteiger partial charge in [-0.25, -0.2) is 4.98 Å². The second-order valence-electron chi connectivity index (χ2n) is 4.30. The van der Waals surface area contributed by atoms with Gasteiger partial charge in [0.25, 0.3) is 0 Å². The van der Waals surface area contributed by atoms with E-state index in [4.69, 9.17) is 15.2 Å². The van der Waals surface area contributed by atoms with Gasteiger partial charge < -0.3 is 15.2 Å². The predicted octanol–water partition coefficient (Wildman–Crippen LogP) is 1.43. The Hall–Kier alpha value is -2.08. The minimum absolute atomic E-state index is 0.171. The summed E-state index contributed by atoms with van der Waals surface area (Å²) >= 11 is 0. The van der Waals surface area contributed by atoms with E-state index in [2.05, 4.69) is 15.2 Å². The summed E-state index contributed by atoms with van der Waals surface area (Å²) in [6, 6.07) is 5.59. The highest BCUT2D eigenvalue weighted by atomic mass is 16.5. The Kier molecular flexibility index (Phi) is 4.01. The molecule has 3 N–H and O–H groups in total. The van der Waals surface area contributed by atoms with Crippen LogP contribution in [0, 0.1) is 0 Å². The highest BCUT2D eigenvalue weighted by Gasteiger charge is 2.09. The highest BCUT2D eigenvalue weighted by molar-refractivity contribution is 5.43. The molecule has 0 bridgehead atoms. The Morgan fingerprint density at radius 1 is 1.26 bits per heavy atom. The van der Waals surface area contributed by atoms with Gasteiger partial charge >= 0.3 is 0 Å². The molecule has 1 unspecified atom stereocenters. The normalized spacial score (nSPS) is 12.2. The Morgan fingerprint density at radius 3 is 2.58 bits per heavy atom. The summed E-state index contributed by atoms with van der Waals surface area (Å²) in [5.74, 6) is 2.81. The fourth-order valence-corrected chi connectivity index (χ4v) is 1.78. The summed E-state index contributed by atoms with van der Waals surface area (Å²) in [6.45, 7) is 1.85. The van der Waals surface area contributed by atoms with Crippen molar-refractivity contribution in [3.8, 4) is 11.5 Å². The lowest BCUT2D eigenvalue weighted by atomic mass is 10.1. The van der Waals surface area contributed by atoms with Gasteiger partial charge in [-0.05, 0) is 24.6 Å². The second-order valence-corrected chi connectivity index (χ2v) is 4.30. The average molecular weight is 262 g/mol. The third kappa shape index (κ3) is 3.03. The van der Waals surface area contributed by atoms with Crippen LogP contribution >= 0.6 is 0 Å². The average Bonchev–Trinajstić information content (AvgIpc) is 2.87. The fourth-order valence-electron chi connectivity index (χ4n) is 1.78. The second kappa shape index (κ2) is 5.71. The summed E-state index contributed by atoms with van der Waals surface area (Å²) in [5, 5.41) is 6.96. The van der Waals surface area contributed by atoms with Crippen LogP contribution < -0.4 is 15.2 Å². The molecule has 6 nitrogen and oxygen atoms in total. The van der Waals surface area contributed by atoms with Crippen LogP contribution in [0.25, 0.3) is 0 Å². The van der Waals surface area contributed by atoms with Crippen LogP contribution in [0.3, 0.4) is 0 Å². The first-order chi connectivity index (χ1) is 9.13. The zero-order valence-corrected chi connectivity index (χ0v) is 11.3. The zero-order valence-electron chi connectivity index (χ0n) is 11.3. The summed E-state index contributed by atoms with van der Waals surface area (Å²) in [4.78, 5) is 4.34. The van der Waals surface area contributed by atoms with Gasteiger partial charge in [0.2, 0.25) is 0 Å². The van der Waals surface area contributed by atoms with Crippen LogP contribution in [0.4, 0.5) is 0 Å². The number of nitrogens with zero attached hydrogens (tertiary/aromatic N) is 2. The van der Waals surface area contributed by atoms with E-state index in [0.717, 1.165) is 11.4 Å². The third-order valence-corrected chi connectivity index (χ3v) is 2.78. The monoisotopic (exact) mass is 262 g/mol. The van der Waals surface area contributed by atoms with Crippen molar-refractivity contribution in [2.24, 2.45) is 5.73 Å². The fraction of sp³-hybridized carbons (Fsp3) is 0.385. The molecule has 2 aromatic rings. The maximum absolute atomic E-state index is 5.72. The predicted molar refractivity (Wildman–Crippen MR) is 71.3 cm³/mol. The number of hydrogen-bond acceptors (Lipinski definition) is 5. The van der Waals surface area contributed by atoms with E-state index in [1.54, 1.807) is 14.2 Å². The molecule has 0 saturated heterocycles. The number of H-pyrrole nitrogens is 1. The lowest BCUT2D eigenvalue weighted by molar-refractivity contribution is 0.354. The van der Waals surface area contributed by atoms with E-state index in [-0.39, 0.29) is 6.04 Å². The smallest absolute Gasteiger partial charge is 0.167 e. The molecule has 2 rings (SSSR count). The van der Waals surface area contributed by atoms with E-state index in [0.29, 0.717) is 23.7 Å². The molecule has 0 amide bonds. The third-order valence-electron chi connectivity index (χ3n) is 2.78. The van der Waals surface area contributed by atoms with Gasteiger partial charge in [0.05, 0.1) is 20.3 Å². The number of nitrogens with two attached hydrogens (primary N) is 1. The number of methoxy groups -OCH3 is 2. The van der Waals surface area contributed by atoms with Crippen LogP contribution in [0.5, 0.6) is 11.5 Å². The van der Waals surface area contributed by atoms with Crippen LogP contribution in [0.2, 0.25) is 0 Å². The van der Waals surface area contributed by atoms with E-state index >= 15 is 0 Å². The van der Waals surface area contributed by atoms with Crippen molar-refractivity contribution in [3.63, 3.8) is 0 Å². The van der Waals surface area contributed by atoms with Crippen molar-refractivity contribution in [2.75, 3.05) is 14.2 Å². The Bertz CT molecular complexity index is 551. The van der Waals surface area contributed by atoms with Crippen LogP contribution in [0.1, 0.15) is 30.2 Å². The molecule has 0 aliphatic rings. The molecule has 1 atom stereocenters.